The molecule has 3 heterocycles. The minimum atomic E-state index is -0.397. The molecule has 0 N–H and O–H groups in total. The summed E-state index contributed by atoms with van der Waals surface area (Å²) in [5.41, 5.74) is 24.1. The van der Waals surface area contributed by atoms with Gasteiger partial charge in [0.15, 0.2) is 0 Å². The lowest BCUT2D eigenvalue weighted by Gasteiger charge is -2.32. The number of rotatable bonds is 10. The largest absolute Gasteiger partial charge is 0.494 e. The van der Waals surface area contributed by atoms with E-state index in [4.69, 9.17) is 9.31 Å². The van der Waals surface area contributed by atoms with Gasteiger partial charge in [-0.1, -0.05) is 262 Å². The zero-order chi connectivity index (χ0) is 66.9. The third-order valence-corrected chi connectivity index (χ3v) is 20.7. The number of para-hydroxylation sites is 2. The third kappa shape index (κ3) is 13.3. The van der Waals surface area contributed by atoms with Gasteiger partial charge in [-0.25, -0.2) is 0 Å². The van der Waals surface area contributed by atoms with Gasteiger partial charge < -0.3 is 18.4 Å². The van der Waals surface area contributed by atoms with Gasteiger partial charge in [-0.2, -0.15) is 0 Å². The molecule has 0 unspecified atom stereocenters. The minimum Gasteiger partial charge on any atom is -0.399 e. The van der Waals surface area contributed by atoms with Crippen molar-refractivity contribution in [1.82, 2.24) is 9.13 Å². The lowest BCUT2D eigenvalue weighted by molar-refractivity contribution is 0.00578. The first-order chi connectivity index (χ1) is 47.8. The molecule has 98 heavy (non-hydrogen) atoms. The van der Waals surface area contributed by atoms with Crippen molar-refractivity contribution in [3.63, 3.8) is 0 Å². The maximum absolute atomic E-state index is 6.38. The van der Waals surface area contributed by atoms with Crippen LogP contribution in [0.2, 0.25) is 0 Å². The van der Waals surface area contributed by atoms with E-state index in [1.165, 1.54) is 114 Å². The van der Waals surface area contributed by atoms with Crippen LogP contribution in [-0.2, 0) is 9.31 Å². The summed E-state index contributed by atoms with van der Waals surface area (Å²) >= 11 is 9.26. The summed E-state index contributed by atoms with van der Waals surface area (Å²) < 4.78 is 21.1. The predicted molar refractivity (Wildman–Crippen MR) is 430 cm³/mol. The average Bonchev–Trinajstić information content (AvgIpc) is 1.59. The van der Waals surface area contributed by atoms with Crippen LogP contribution in [0.4, 0.5) is 0 Å². The Morgan fingerprint density at radius 3 is 0.980 bits per heavy atom. The second kappa shape index (κ2) is 27.7. The van der Waals surface area contributed by atoms with E-state index in [9.17, 15) is 0 Å². The molecule has 0 spiro atoms. The molecule has 0 bridgehead atoms. The SMILES string of the molecule is Brc1cccc(-c2cccc(-c3ccc4c(c3)c3ccccc3n4-c3cc(-c4ccccc4)cc(-c4ccccc4)c3)c2)c1.Brc1cccc(I)c1.CC1(C)OB(c2cccc(-c3ccc4c(c3)c3ccccc3n4-c3cc(-c4ccccc4)cc(-c4ccccc4)c3)c2)OC1(C)C. The maximum atomic E-state index is 6.38. The van der Waals surface area contributed by atoms with E-state index in [2.05, 4.69) is 419 Å². The molecule has 4 nitrogen and oxygen atoms in total. The first-order valence-corrected chi connectivity index (χ1v) is 35.8. The van der Waals surface area contributed by atoms with Gasteiger partial charge in [0.1, 0.15) is 0 Å². The molecule has 0 radical (unpaired) electrons. The first kappa shape index (κ1) is 64.4. The normalized spacial score (nSPS) is 13.1. The van der Waals surface area contributed by atoms with Crippen LogP contribution in [0.1, 0.15) is 27.7 Å². The van der Waals surface area contributed by atoms with Gasteiger partial charge in [-0.3, -0.25) is 0 Å². The van der Waals surface area contributed by atoms with E-state index < -0.39 is 7.12 Å². The zero-order valence-electron chi connectivity index (χ0n) is 54.8. The van der Waals surface area contributed by atoms with E-state index in [-0.39, 0.29) is 11.2 Å². The van der Waals surface area contributed by atoms with Crippen molar-refractivity contribution in [3.05, 3.63) is 352 Å². The fourth-order valence-corrected chi connectivity index (χ4v) is 15.2. The third-order valence-electron chi connectivity index (χ3n) is 19.0. The number of benzene rings is 14. The van der Waals surface area contributed by atoms with Crippen LogP contribution < -0.4 is 5.46 Å². The monoisotopic (exact) mass is 1500 g/mol. The number of aromatic nitrogens is 2. The molecule has 0 saturated carbocycles. The van der Waals surface area contributed by atoms with Gasteiger partial charge in [0, 0.05) is 45.4 Å². The second-order valence-corrected chi connectivity index (χ2v) is 29.0. The molecule has 17 rings (SSSR count). The van der Waals surface area contributed by atoms with Crippen molar-refractivity contribution in [1.29, 1.82) is 0 Å². The van der Waals surface area contributed by atoms with E-state index in [0.717, 1.165) is 36.9 Å². The molecular formula is C90H68BBr2IN2O2. The molecule has 1 fully saturated rings. The van der Waals surface area contributed by atoms with E-state index >= 15 is 0 Å². The Morgan fingerprint density at radius 2 is 0.582 bits per heavy atom. The highest BCUT2D eigenvalue weighted by Crippen LogP contribution is 2.42. The number of nitrogens with zero attached hydrogens (tertiary/aromatic N) is 2. The lowest BCUT2D eigenvalue weighted by atomic mass is 9.78. The Kier molecular flexibility index (Phi) is 18.2. The average molecular weight is 1510 g/mol. The number of halogens is 3. The van der Waals surface area contributed by atoms with Gasteiger partial charge in [0.2, 0.25) is 0 Å². The Labute approximate surface area is 604 Å². The summed E-state index contributed by atoms with van der Waals surface area (Å²) in [4.78, 5) is 0. The molecule has 8 heteroatoms. The topological polar surface area (TPSA) is 28.3 Å². The van der Waals surface area contributed by atoms with Crippen LogP contribution >= 0.6 is 54.5 Å². The second-order valence-electron chi connectivity index (χ2n) is 25.9. The van der Waals surface area contributed by atoms with Crippen LogP contribution in [0, 0.1) is 3.57 Å². The van der Waals surface area contributed by atoms with Gasteiger partial charge in [-0.15, -0.1) is 0 Å². The van der Waals surface area contributed by atoms with Gasteiger partial charge in [0.05, 0.1) is 33.3 Å². The minimum absolute atomic E-state index is 0.382. The molecule has 474 valence electrons. The van der Waals surface area contributed by atoms with Crippen LogP contribution in [-0.4, -0.2) is 27.5 Å². The van der Waals surface area contributed by atoms with E-state index in [1.54, 1.807) is 0 Å². The molecule has 1 saturated heterocycles. The molecular weight excluding hydrogens is 1440 g/mol. The highest BCUT2D eigenvalue weighted by atomic mass is 127. The predicted octanol–water partition coefficient (Wildman–Crippen LogP) is 25.4. The van der Waals surface area contributed by atoms with Gasteiger partial charge >= 0.3 is 7.12 Å². The van der Waals surface area contributed by atoms with E-state index in [1.807, 2.05) is 12.1 Å². The number of hydrogen-bond donors (Lipinski definition) is 0. The highest BCUT2D eigenvalue weighted by molar-refractivity contribution is 14.1. The van der Waals surface area contributed by atoms with Crippen LogP contribution in [0.25, 0.3) is 133 Å². The quantitative estimate of drug-likeness (QED) is 0.101. The van der Waals surface area contributed by atoms with Crippen molar-refractivity contribution >= 4 is 111 Å². The Bertz CT molecular complexity index is 5430. The first-order valence-electron chi connectivity index (χ1n) is 33.1. The molecule has 1 aliphatic heterocycles. The number of hydrogen-bond acceptors (Lipinski definition) is 2. The summed E-state index contributed by atoms with van der Waals surface area (Å²) in [5, 5.41) is 4.95. The molecule has 1 aliphatic rings. The van der Waals surface area contributed by atoms with Crippen molar-refractivity contribution in [2.75, 3.05) is 0 Å². The number of fused-ring (bicyclic) bond motifs is 6. The Balaban J connectivity index is 0.000000144. The molecule has 0 aliphatic carbocycles. The Hall–Kier alpha value is -9.65. The fourth-order valence-electron chi connectivity index (χ4n) is 13.4. The standard InChI is InChI=1S/C42H36BNO2.C42H28BrN.C6H4BrI/c1-41(2)42(3,4)46-43(45-41)35-19-13-18-31(25-35)32-22-23-40-38(28-32)37-20-11-12-21-39(37)44(40)36-26-33(29-14-7-5-8-15-29)24-34(27-36)30-16-9-6-10-17-30;43-37-18-10-17-33(25-37)31-15-9-16-32(23-31)34-21-22-42-40(28-34)39-19-7-8-20-41(39)44(42)38-26-35(29-11-3-1-4-12-29)24-36(27-38)30-13-5-2-6-14-30;7-5-2-1-3-6(8)4-5/h5-28H,1-4H3;1-28H;1-4H. The fraction of sp³-hybridized carbons (Fsp3) is 0.0667. The Morgan fingerprint density at radius 1 is 0.265 bits per heavy atom. The molecule has 0 amide bonds. The summed E-state index contributed by atoms with van der Waals surface area (Å²) in [6, 6.07) is 122. The molecule has 2 aromatic heterocycles. The van der Waals surface area contributed by atoms with E-state index in [0.29, 0.717) is 0 Å². The summed E-state index contributed by atoms with van der Waals surface area (Å²) in [5.74, 6) is 0. The smallest absolute Gasteiger partial charge is 0.399 e. The van der Waals surface area contributed by atoms with Crippen molar-refractivity contribution < 1.29 is 9.31 Å². The lowest BCUT2D eigenvalue weighted by Crippen LogP contribution is -2.41. The van der Waals surface area contributed by atoms with Gasteiger partial charge in [-0.05, 0) is 243 Å². The van der Waals surface area contributed by atoms with Crippen molar-refractivity contribution in [2.45, 2.75) is 38.9 Å². The zero-order valence-corrected chi connectivity index (χ0v) is 60.1. The van der Waals surface area contributed by atoms with Crippen LogP contribution in [0.3, 0.4) is 0 Å². The van der Waals surface area contributed by atoms with Crippen molar-refractivity contribution in [2.24, 2.45) is 0 Å². The van der Waals surface area contributed by atoms with Crippen LogP contribution in [0.5, 0.6) is 0 Å². The van der Waals surface area contributed by atoms with Crippen LogP contribution in [0.15, 0.2) is 349 Å². The highest BCUT2D eigenvalue weighted by Gasteiger charge is 2.51. The summed E-state index contributed by atoms with van der Waals surface area (Å²) in [6.45, 7) is 8.38. The maximum Gasteiger partial charge on any atom is 0.494 e. The summed E-state index contributed by atoms with van der Waals surface area (Å²) in [6.07, 6.45) is 0. The van der Waals surface area contributed by atoms with Crippen molar-refractivity contribution in [3.8, 4) is 89.3 Å². The molecule has 14 aromatic carbocycles. The molecule has 16 aromatic rings. The summed E-state index contributed by atoms with van der Waals surface area (Å²) in [7, 11) is -0.397. The van der Waals surface area contributed by atoms with Gasteiger partial charge in [0.25, 0.3) is 0 Å². The molecule has 0 atom stereocenters.